The third kappa shape index (κ3) is 2.35. The average molecular weight is 302 g/mol. The number of nitrogens with two attached hydrogens (primary N) is 2. The lowest BCUT2D eigenvalue weighted by atomic mass is 10.2. The SMILES string of the molecule is COC(=O)c1c(N)c(C#N)cn1-c1cc(C(N)=O)ccc1F. The number of benzene rings is 1. The molecule has 1 aromatic carbocycles. The average Bonchev–Trinajstić information content (AvgIpc) is 2.83. The highest BCUT2D eigenvalue weighted by Crippen LogP contribution is 2.26. The normalized spacial score (nSPS) is 10.0. The Kier molecular flexibility index (Phi) is 3.81. The number of anilines is 1. The highest BCUT2D eigenvalue weighted by Gasteiger charge is 2.23. The number of hydrogen-bond acceptors (Lipinski definition) is 5. The van der Waals surface area contributed by atoms with Gasteiger partial charge in [-0.05, 0) is 18.2 Å². The summed E-state index contributed by atoms with van der Waals surface area (Å²) in [5, 5.41) is 9.01. The van der Waals surface area contributed by atoms with Crippen LogP contribution in [0.2, 0.25) is 0 Å². The summed E-state index contributed by atoms with van der Waals surface area (Å²) in [7, 11) is 1.13. The van der Waals surface area contributed by atoms with Gasteiger partial charge in [0, 0.05) is 11.8 Å². The number of carbonyl (C=O) groups excluding carboxylic acids is 2. The number of esters is 1. The quantitative estimate of drug-likeness (QED) is 0.817. The molecule has 0 fully saturated rings. The van der Waals surface area contributed by atoms with Gasteiger partial charge in [-0.1, -0.05) is 0 Å². The van der Waals surface area contributed by atoms with Crippen LogP contribution in [0.4, 0.5) is 10.1 Å². The first-order chi connectivity index (χ1) is 10.4. The second-order valence-electron chi connectivity index (χ2n) is 4.31. The maximum atomic E-state index is 14.1. The molecule has 0 atom stereocenters. The maximum Gasteiger partial charge on any atom is 0.357 e. The summed E-state index contributed by atoms with van der Waals surface area (Å²) < 4.78 is 19.7. The van der Waals surface area contributed by atoms with Crippen LogP contribution in [-0.2, 0) is 4.74 Å². The lowest BCUT2D eigenvalue weighted by Crippen LogP contribution is -2.14. The molecule has 8 heteroatoms. The number of nitriles is 1. The van der Waals surface area contributed by atoms with Crippen molar-refractivity contribution in [1.29, 1.82) is 5.26 Å². The minimum atomic E-state index is -0.845. The molecule has 2 aromatic rings. The molecular weight excluding hydrogens is 291 g/mol. The number of carbonyl (C=O) groups is 2. The first-order valence-electron chi connectivity index (χ1n) is 5.99. The molecule has 0 bridgehead atoms. The van der Waals surface area contributed by atoms with Gasteiger partial charge in [-0.25, -0.2) is 9.18 Å². The lowest BCUT2D eigenvalue weighted by Gasteiger charge is -2.10. The smallest absolute Gasteiger partial charge is 0.357 e. The van der Waals surface area contributed by atoms with E-state index >= 15 is 0 Å². The fraction of sp³-hybridized carbons (Fsp3) is 0.0714. The van der Waals surface area contributed by atoms with Crippen LogP contribution in [-0.4, -0.2) is 23.6 Å². The van der Waals surface area contributed by atoms with Crippen molar-refractivity contribution in [2.24, 2.45) is 5.73 Å². The van der Waals surface area contributed by atoms with Gasteiger partial charge in [-0.2, -0.15) is 5.26 Å². The van der Waals surface area contributed by atoms with Crippen molar-refractivity contribution in [1.82, 2.24) is 4.57 Å². The van der Waals surface area contributed by atoms with E-state index in [2.05, 4.69) is 4.74 Å². The number of nitrogen functional groups attached to an aromatic ring is 1. The van der Waals surface area contributed by atoms with E-state index in [1.54, 1.807) is 6.07 Å². The number of ether oxygens (including phenoxy) is 1. The molecule has 0 aliphatic heterocycles. The number of amides is 1. The number of nitrogens with zero attached hydrogens (tertiary/aromatic N) is 2. The Morgan fingerprint density at radius 1 is 1.41 bits per heavy atom. The van der Waals surface area contributed by atoms with Crippen LogP contribution in [0.3, 0.4) is 0 Å². The Morgan fingerprint density at radius 2 is 2.09 bits per heavy atom. The molecule has 1 heterocycles. The standard InChI is InChI=1S/C14H11FN4O3/c1-22-14(21)12-11(17)8(5-16)6-19(12)10-4-7(13(18)20)2-3-9(10)15/h2-4,6H,17H2,1H3,(H2,18,20). The third-order valence-corrected chi connectivity index (χ3v) is 3.03. The molecule has 7 nitrogen and oxygen atoms in total. The van der Waals surface area contributed by atoms with E-state index in [4.69, 9.17) is 16.7 Å². The molecule has 22 heavy (non-hydrogen) atoms. The molecule has 0 spiro atoms. The van der Waals surface area contributed by atoms with Crippen LogP contribution in [0, 0.1) is 17.1 Å². The minimum absolute atomic E-state index is 0.0238. The highest BCUT2D eigenvalue weighted by atomic mass is 19.1. The molecule has 1 aromatic heterocycles. The zero-order chi connectivity index (χ0) is 16.4. The Labute approximate surface area is 124 Å². The Morgan fingerprint density at radius 3 is 2.64 bits per heavy atom. The van der Waals surface area contributed by atoms with E-state index < -0.39 is 17.7 Å². The predicted octanol–water partition coefficient (Wildman–Crippen LogP) is 0.956. The second-order valence-corrected chi connectivity index (χ2v) is 4.31. The van der Waals surface area contributed by atoms with Crippen molar-refractivity contribution in [2.75, 3.05) is 12.8 Å². The fourth-order valence-electron chi connectivity index (χ4n) is 1.96. The summed E-state index contributed by atoms with van der Waals surface area (Å²) in [4.78, 5) is 23.1. The Hall–Kier alpha value is -3.34. The van der Waals surface area contributed by atoms with Crippen molar-refractivity contribution < 1.29 is 18.7 Å². The van der Waals surface area contributed by atoms with Gasteiger partial charge in [0.2, 0.25) is 5.91 Å². The van der Waals surface area contributed by atoms with E-state index in [1.807, 2.05) is 0 Å². The van der Waals surface area contributed by atoms with Crippen LogP contribution in [0.15, 0.2) is 24.4 Å². The number of aromatic nitrogens is 1. The van der Waals surface area contributed by atoms with E-state index in [0.29, 0.717) is 0 Å². The van der Waals surface area contributed by atoms with Crippen LogP contribution in [0.25, 0.3) is 5.69 Å². The predicted molar refractivity (Wildman–Crippen MR) is 74.7 cm³/mol. The first kappa shape index (κ1) is 15.1. The van der Waals surface area contributed by atoms with Crippen molar-refractivity contribution in [3.05, 3.63) is 47.0 Å². The molecular formula is C14H11FN4O3. The van der Waals surface area contributed by atoms with E-state index in [9.17, 15) is 14.0 Å². The number of rotatable bonds is 3. The number of hydrogen-bond donors (Lipinski definition) is 2. The van der Waals surface area contributed by atoms with Crippen molar-refractivity contribution >= 4 is 17.6 Å². The van der Waals surface area contributed by atoms with Crippen LogP contribution in [0.1, 0.15) is 26.4 Å². The Bertz CT molecular complexity index is 820. The zero-order valence-electron chi connectivity index (χ0n) is 11.5. The molecule has 112 valence electrons. The van der Waals surface area contributed by atoms with E-state index in [1.165, 1.54) is 12.3 Å². The topological polar surface area (TPSA) is 124 Å². The van der Waals surface area contributed by atoms with Gasteiger partial charge in [0.15, 0.2) is 5.69 Å². The van der Waals surface area contributed by atoms with Gasteiger partial charge in [0.05, 0.1) is 24.0 Å². The van der Waals surface area contributed by atoms with Gasteiger partial charge in [0.1, 0.15) is 11.9 Å². The van der Waals surface area contributed by atoms with Gasteiger partial charge in [-0.15, -0.1) is 0 Å². The van der Waals surface area contributed by atoms with Crippen molar-refractivity contribution in [3.63, 3.8) is 0 Å². The first-order valence-corrected chi connectivity index (χ1v) is 5.99. The van der Waals surface area contributed by atoms with Crippen molar-refractivity contribution in [3.8, 4) is 11.8 Å². The van der Waals surface area contributed by atoms with Crippen molar-refractivity contribution in [2.45, 2.75) is 0 Å². The summed E-state index contributed by atoms with van der Waals surface area (Å²) in [5.74, 6) is -2.33. The molecule has 2 rings (SSSR count). The lowest BCUT2D eigenvalue weighted by molar-refractivity contribution is 0.0593. The summed E-state index contributed by atoms with van der Waals surface area (Å²) >= 11 is 0. The maximum absolute atomic E-state index is 14.1. The van der Waals surface area contributed by atoms with Gasteiger partial charge in [0.25, 0.3) is 0 Å². The summed E-state index contributed by atoms with van der Waals surface area (Å²) in [6, 6.07) is 5.18. The Balaban J connectivity index is 2.78. The molecule has 0 aliphatic rings. The van der Waals surface area contributed by atoms with Crippen LogP contribution in [0.5, 0.6) is 0 Å². The van der Waals surface area contributed by atoms with E-state index in [-0.39, 0.29) is 28.2 Å². The molecule has 0 radical (unpaired) electrons. The summed E-state index contributed by atoms with van der Waals surface area (Å²) in [5.41, 5.74) is 10.4. The van der Waals surface area contributed by atoms with Gasteiger partial charge in [-0.3, -0.25) is 4.79 Å². The van der Waals surface area contributed by atoms with Crippen LogP contribution >= 0.6 is 0 Å². The zero-order valence-corrected chi connectivity index (χ0v) is 11.5. The molecule has 0 saturated carbocycles. The second kappa shape index (κ2) is 5.57. The van der Waals surface area contributed by atoms with Gasteiger partial charge >= 0.3 is 5.97 Å². The number of halogens is 1. The van der Waals surface area contributed by atoms with E-state index in [0.717, 1.165) is 23.8 Å². The summed E-state index contributed by atoms with van der Waals surface area (Å²) in [6.07, 6.45) is 1.19. The molecule has 0 unspecified atom stereocenters. The highest BCUT2D eigenvalue weighted by molar-refractivity contribution is 5.96. The molecule has 0 aliphatic carbocycles. The molecule has 0 saturated heterocycles. The number of primary amides is 1. The molecule has 1 amide bonds. The molecule has 4 N–H and O–H groups in total. The monoisotopic (exact) mass is 302 g/mol. The minimum Gasteiger partial charge on any atom is -0.464 e. The largest absolute Gasteiger partial charge is 0.464 e. The summed E-state index contributed by atoms with van der Waals surface area (Å²) in [6.45, 7) is 0. The van der Waals surface area contributed by atoms with Gasteiger partial charge < -0.3 is 20.8 Å². The van der Waals surface area contributed by atoms with Crippen LogP contribution < -0.4 is 11.5 Å². The number of methoxy groups -OCH3 is 1. The fourth-order valence-corrected chi connectivity index (χ4v) is 1.96. The third-order valence-electron chi connectivity index (χ3n) is 3.03.